The summed E-state index contributed by atoms with van der Waals surface area (Å²) in [5, 5.41) is 3.23. The average Bonchev–Trinajstić information content (AvgIpc) is 2.78. The third-order valence-electron chi connectivity index (χ3n) is 3.34. The van der Waals surface area contributed by atoms with Gasteiger partial charge in [-0.1, -0.05) is 17.7 Å². The van der Waals surface area contributed by atoms with E-state index in [1.165, 1.54) is 0 Å². The fraction of sp³-hybridized carbons (Fsp3) is 0.538. The van der Waals surface area contributed by atoms with E-state index in [2.05, 4.69) is 10.0 Å². The SMILES string of the molecule is Cc1ccc(S(=O)(=O)NCC2CCNC2)c(C)c1. The zero-order valence-electron chi connectivity index (χ0n) is 10.9. The van der Waals surface area contributed by atoms with E-state index in [9.17, 15) is 8.42 Å². The zero-order chi connectivity index (χ0) is 13.2. The van der Waals surface area contributed by atoms with E-state index in [1.807, 2.05) is 26.0 Å². The Morgan fingerprint density at radius 1 is 1.39 bits per heavy atom. The highest BCUT2D eigenvalue weighted by atomic mass is 32.2. The molecule has 2 rings (SSSR count). The van der Waals surface area contributed by atoms with Gasteiger partial charge in [0.15, 0.2) is 0 Å². The lowest BCUT2D eigenvalue weighted by atomic mass is 10.1. The van der Waals surface area contributed by atoms with Gasteiger partial charge in [0.2, 0.25) is 10.0 Å². The van der Waals surface area contributed by atoms with Crippen molar-refractivity contribution < 1.29 is 8.42 Å². The lowest BCUT2D eigenvalue weighted by Gasteiger charge is -2.12. The zero-order valence-corrected chi connectivity index (χ0v) is 11.7. The van der Waals surface area contributed by atoms with Gasteiger partial charge in [-0.3, -0.25) is 0 Å². The minimum absolute atomic E-state index is 0.388. The first-order valence-corrected chi connectivity index (χ1v) is 7.75. The van der Waals surface area contributed by atoms with Crippen molar-refractivity contribution in [3.05, 3.63) is 29.3 Å². The molecule has 1 aromatic carbocycles. The van der Waals surface area contributed by atoms with Crippen LogP contribution in [0.2, 0.25) is 0 Å². The Bertz CT molecular complexity index is 520. The molecule has 1 atom stereocenters. The van der Waals surface area contributed by atoms with E-state index in [0.717, 1.165) is 30.6 Å². The lowest BCUT2D eigenvalue weighted by Crippen LogP contribution is -2.30. The summed E-state index contributed by atoms with van der Waals surface area (Å²) >= 11 is 0. The number of rotatable bonds is 4. The molecule has 0 radical (unpaired) electrons. The fourth-order valence-corrected chi connectivity index (χ4v) is 3.64. The average molecular weight is 268 g/mol. The van der Waals surface area contributed by atoms with Gasteiger partial charge < -0.3 is 5.32 Å². The van der Waals surface area contributed by atoms with Crippen LogP contribution < -0.4 is 10.0 Å². The van der Waals surface area contributed by atoms with Crippen LogP contribution in [0.3, 0.4) is 0 Å². The predicted octanol–water partition coefficient (Wildman–Crippen LogP) is 1.19. The van der Waals surface area contributed by atoms with Gasteiger partial charge in [0.25, 0.3) is 0 Å². The van der Waals surface area contributed by atoms with Crippen molar-refractivity contribution in [1.82, 2.24) is 10.0 Å². The maximum absolute atomic E-state index is 12.2. The molecule has 1 aliphatic rings. The van der Waals surface area contributed by atoms with E-state index >= 15 is 0 Å². The maximum atomic E-state index is 12.2. The fourth-order valence-electron chi connectivity index (χ4n) is 2.29. The minimum Gasteiger partial charge on any atom is -0.316 e. The molecule has 4 nitrogen and oxygen atoms in total. The van der Waals surface area contributed by atoms with E-state index < -0.39 is 10.0 Å². The third kappa shape index (κ3) is 3.10. The van der Waals surface area contributed by atoms with E-state index in [4.69, 9.17) is 0 Å². The Morgan fingerprint density at radius 2 is 2.17 bits per heavy atom. The minimum atomic E-state index is -3.37. The highest BCUT2D eigenvalue weighted by Crippen LogP contribution is 2.17. The first-order chi connectivity index (χ1) is 8.49. The quantitative estimate of drug-likeness (QED) is 0.862. The Hall–Kier alpha value is -0.910. The van der Waals surface area contributed by atoms with Crippen molar-refractivity contribution in [3.8, 4) is 0 Å². The molecule has 1 heterocycles. The van der Waals surface area contributed by atoms with Crippen LogP contribution in [0.4, 0.5) is 0 Å². The van der Waals surface area contributed by atoms with Crippen LogP contribution in [-0.2, 0) is 10.0 Å². The largest absolute Gasteiger partial charge is 0.316 e. The summed E-state index contributed by atoms with van der Waals surface area (Å²) in [5.41, 5.74) is 1.87. The molecule has 1 saturated heterocycles. The van der Waals surface area contributed by atoms with Crippen LogP contribution in [0.25, 0.3) is 0 Å². The predicted molar refractivity (Wildman–Crippen MR) is 72.1 cm³/mol. The number of nitrogens with one attached hydrogen (secondary N) is 2. The Morgan fingerprint density at radius 3 is 2.78 bits per heavy atom. The summed E-state index contributed by atoms with van der Waals surface area (Å²) < 4.78 is 27.1. The van der Waals surface area contributed by atoms with Crippen LogP contribution in [-0.4, -0.2) is 28.1 Å². The molecular formula is C13H20N2O2S. The Balaban J connectivity index is 2.09. The van der Waals surface area contributed by atoms with Crippen molar-refractivity contribution >= 4 is 10.0 Å². The molecule has 1 unspecified atom stereocenters. The number of hydrogen-bond donors (Lipinski definition) is 2. The van der Waals surface area contributed by atoms with Gasteiger partial charge >= 0.3 is 0 Å². The molecule has 0 aliphatic carbocycles. The summed E-state index contributed by atoms with van der Waals surface area (Å²) in [6.07, 6.45) is 1.04. The summed E-state index contributed by atoms with van der Waals surface area (Å²) in [5.74, 6) is 0.408. The third-order valence-corrected chi connectivity index (χ3v) is 4.93. The number of aryl methyl sites for hydroxylation is 2. The van der Waals surface area contributed by atoms with Gasteiger partial charge in [-0.15, -0.1) is 0 Å². The van der Waals surface area contributed by atoms with Gasteiger partial charge in [0.05, 0.1) is 4.90 Å². The van der Waals surface area contributed by atoms with Crippen molar-refractivity contribution in [2.24, 2.45) is 5.92 Å². The summed E-state index contributed by atoms with van der Waals surface area (Å²) in [7, 11) is -3.37. The molecule has 2 N–H and O–H groups in total. The van der Waals surface area contributed by atoms with Crippen molar-refractivity contribution in [2.45, 2.75) is 25.2 Å². The Labute approximate surface area is 109 Å². The molecule has 5 heteroatoms. The van der Waals surface area contributed by atoms with Gasteiger partial charge in [0, 0.05) is 6.54 Å². The molecule has 18 heavy (non-hydrogen) atoms. The van der Waals surface area contributed by atoms with Crippen LogP contribution in [0.15, 0.2) is 23.1 Å². The van der Waals surface area contributed by atoms with Crippen LogP contribution in [0.1, 0.15) is 17.5 Å². The van der Waals surface area contributed by atoms with Crippen molar-refractivity contribution in [2.75, 3.05) is 19.6 Å². The second kappa shape index (κ2) is 5.38. The molecule has 0 amide bonds. The first kappa shape index (κ1) is 13.5. The molecule has 0 spiro atoms. The molecule has 1 aromatic rings. The molecular weight excluding hydrogens is 248 g/mol. The van der Waals surface area contributed by atoms with Crippen LogP contribution in [0, 0.1) is 19.8 Å². The van der Waals surface area contributed by atoms with Crippen LogP contribution >= 0.6 is 0 Å². The van der Waals surface area contributed by atoms with Crippen molar-refractivity contribution in [3.63, 3.8) is 0 Å². The highest BCUT2D eigenvalue weighted by Gasteiger charge is 2.20. The normalized spacial score (nSPS) is 20.2. The number of hydrogen-bond acceptors (Lipinski definition) is 3. The highest BCUT2D eigenvalue weighted by molar-refractivity contribution is 7.89. The Kier molecular flexibility index (Phi) is 4.04. The maximum Gasteiger partial charge on any atom is 0.240 e. The van der Waals surface area contributed by atoms with E-state index in [0.29, 0.717) is 17.4 Å². The molecule has 1 fully saturated rings. The van der Waals surface area contributed by atoms with E-state index in [-0.39, 0.29) is 0 Å². The van der Waals surface area contributed by atoms with Gasteiger partial charge in [-0.2, -0.15) is 0 Å². The number of sulfonamides is 1. The van der Waals surface area contributed by atoms with Crippen LogP contribution in [0.5, 0.6) is 0 Å². The summed E-state index contributed by atoms with van der Waals surface area (Å²) in [6, 6.07) is 5.41. The molecule has 0 aromatic heterocycles. The van der Waals surface area contributed by atoms with Gasteiger partial charge in [0.1, 0.15) is 0 Å². The van der Waals surface area contributed by atoms with Crippen molar-refractivity contribution in [1.29, 1.82) is 0 Å². The van der Waals surface area contributed by atoms with E-state index in [1.54, 1.807) is 6.07 Å². The van der Waals surface area contributed by atoms with Gasteiger partial charge in [-0.25, -0.2) is 13.1 Å². The molecule has 100 valence electrons. The molecule has 0 saturated carbocycles. The monoisotopic (exact) mass is 268 g/mol. The number of benzene rings is 1. The second-order valence-electron chi connectivity index (χ2n) is 4.98. The smallest absolute Gasteiger partial charge is 0.240 e. The molecule has 0 bridgehead atoms. The second-order valence-corrected chi connectivity index (χ2v) is 6.72. The van der Waals surface area contributed by atoms with Gasteiger partial charge in [-0.05, 0) is 50.9 Å². The molecule has 1 aliphatic heterocycles. The summed E-state index contributed by atoms with van der Waals surface area (Å²) in [6.45, 7) is 6.19. The topological polar surface area (TPSA) is 58.2 Å². The summed E-state index contributed by atoms with van der Waals surface area (Å²) in [4.78, 5) is 0.388. The first-order valence-electron chi connectivity index (χ1n) is 6.27. The standard InChI is InChI=1S/C13H20N2O2S/c1-10-3-4-13(11(2)7-10)18(16,17)15-9-12-5-6-14-8-12/h3-4,7,12,14-15H,5-6,8-9H2,1-2H3. The lowest BCUT2D eigenvalue weighted by molar-refractivity contribution is 0.538.